The topological polar surface area (TPSA) is 79.4 Å². The normalized spacial score (nSPS) is 18.9. The lowest BCUT2D eigenvalue weighted by atomic mass is 9.98. The van der Waals surface area contributed by atoms with Gasteiger partial charge in [-0.2, -0.15) is 0 Å². The van der Waals surface area contributed by atoms with Gasteiger partial charge in [-0.15, -0.1) is 0 Å². The first kappa shape index (κ1) is 15.7. The fraction of sp³-hybridized carbons (Fsp3) is 0.143. The molecule has 0 aliphatic carbocycles. The third kappa shape index (κ3) is 2.26. The minimum atomic E-state index is -0.675. The van der Waals surface area contributed by atoms with Crippen LogP contribution in [-0.4, -0.2) is 28.7 Å². The number of anilines is 1. The summed E-state index contributed by atoms with van der Waals surface area (Å²) in [5.41, 5.74) is 3.05. The second kappa shape index (κ2) is 5.74. The number of imide groups is 1. The van der Waals surface area contributed by atoms with Crippen molar-refractivity contribution >= 4 is 34.2 Å². The Morgan fingerprint density at radius 2 is 1.85 bits per heavy atom. The van der Waals surface area contributed by atoms with Crippen molar-refractivity contribution in [3.63, 3.8) is 0 Å². The second-order valence-electron chi connectivity index (χ2n) is 6.72. The largest absolute Gasteiger partial charge is 0.295 e. The highest BCUT2D eigenvalue weighted by atomic mass is 16.2. The van der Waals surface area contributed by atoms with Crippen LogP contribution >= 0.6 is 0 Å². The van der Waals surface area contributed by atoms with Crippen LogP contribution in [0.2, 0.25) is 0 Å². The van der Waals surface area contributed by atoms with E-state index < -0.39 is 11.9 Å². The van der Waals surface area contributed by atoms with Crippen molar-refractivity contribution < 1.29 is 14.4 Å². The number of hydrogen-bond donors (Lipinski definition) is 1. The van der Waals surface area contributed by atoms with Gasteiger partial charge >= 0.3 is 0 Å². The Bertz CT molecular complexity index is 1120. The predicted octanol–water partition coefficient (Wildman–Crippen LogP) is 2.67. The molecule has 0 spiro atoms. The number of carbonyl (C=O) groups excluding carboxylic acids is 3. The van der Waals surface area contributed by atoms with E-state index in [9.17, 15) is 14.4 Å². The molecule has 132 valence electrons. The number of nitrogens with zero attached hydrogens (tertiary/aromatic N) is 2. The lowest BCUT2D eigenvalue weighted by Crippen LogP contribution is -2.53. The Morgan fingerprint density at radius 3 is 2.63 bits per heavy atom. The van der Waals surface area contributed by atoms with E-state index in [1.807, 2.05) is 42.5 Å². The van der Waals surface area contributed by atoms with Crippen LogP contribution in [0.15, 0.2) is 54.7 Å². The smallest absolute Gasteiger partial charge is 0.259 e. The molecular weight excluding hydrogens is 342 g/mol. The van der Waals surface area contributed by atoms with Crippen LogP contribution in [0, 0.1) is 0 Å². The standard InChI is InChI=1S/C21H15N3O3/c25-18-10-9-17(20(26)23-18)24-16-8-7-12(15-6-1-2-11-22-15)13-4-3-5-14(19(13)16)21(24)27/h1-8,11,17H,9-10H2,(H,23,25,26). The first-order chi connectivity index (χ1) is 13.1. The summed E-state index contributed by atoms with van der Waals surface area (Å²) in [5.74, 6) is -0.923. The molecule has 1 N–H and O–H groups in total. The molecule has 0 bridgehead atoms. The maximum absolute atomic E-state index is 13.1. The van der Waals surface area contributed by atoms with Crippen LogP contribution < -0.4 is 10.2 Å². The Labute approximate surface area is 154 Å². The minimum Gasteiger partial charge on any atom is -0.295 e. The first-order valence-electron chi connectivity index (χ1n) is 8.79. The van der Waals surface area contributed by atoms with Gasteiger partial charge in [-0.25, -0.2) is 0 Å². The van der Waals surface area contributed by atoms with Gasteiger partial charge in [-0.3, -0.25) is 29.6 Å². The fourth-order valence-corrected chi connectivity index (χ4v) is 3.99. The van der Waals surface area contributed by atoms with Crippen molar-refractivity contribution in [2.24, 2.45) is 0 Å². The molecule has 0 radical (unpaired) electrons. The molecule has 1 unspecified atom stereocenters. The summed E-state index contributed by atoms with van der Waals surface area (Å²) in [7, 11) is 0. The SMILES string of the molecule is O=C1CCC(N2C(=O)c3cccc4c(-c5ccccn5)ccc2c34)C(=O)N1. The Kier molecular flexibility index (Phi) is 3.33. The quantitative estimate of drug-likeness (QED) is 0.715. The first-order valence-corrected chi connectivity index (χ1v) is 8.79. The van der Waals surface area contributed by atoms with Crippen LogP contribution in [0.4, 0.5) is 5.69 Å². The van der Waals surface area contributed by atoms with Crippen LogP contribution in [-0.2, 0) is 9.59 Å². The van der Waals surface area contributed by atoms with Crippen molar-refractivity contribution in [3.05, 3.63) is 60.3 Å². The summed E-state index contributed by atoms with van der Waals surface area (Å²) in [6.07, 6.45) is 2.29. The van der Waals surface area contributed by atoms with E-state index in [4.69, 9.17) is 0 Å². The van der Waals surface area contributed by atoms with Crippen molar-refractivity contribution in [1.82, 2.24) is 10.3 Å². The lowest BCUT2D eigenvalue weighted by Gasteiger charge is -2.30. The van der Waals surface area contributed by atoms with Gasteiger partial charge in [0.15, 0.2) is 0 Å². The number of benzene rings is 2. The van der Waals surface area contributed by atoms with Crippen LogP contribution in [0.1, 0.15) is 23.2 Å². The van der Waals surface area contributed by atoms with Gasteiger partial charge in [0.1, 0.15) is 6.04 Å². The van der Waals surface area contributed by atoms with Gasteiger partial charge in [0.2, 0.25) is 11.8 Å². The molecule has 2 aromatic carbocycles. The molecule has 3 heterocycles. The van der Waals surface area contributed by atoms with E-state index in [2.05, 4.69) is 10.3 Å². The second-order valence-corrected chi connectivity index (χ2v) is 6.72. The maximum Gasteiger partial charge on any atom is 0.259 e. The highest BCUT2D eigenvalue weighted by molar-refractivity contribution is 6.28. The fourth-order valence-electron chi connectivity index (χ4n) is 3.99. The zero-order valence-electron chi connectivity index (χ0n) is 14.3. The average Bonchev–Trinajstić information content (AvgIpc) is 2.97. The van der Waals surface area contributed by atoms with Crippen LogP contribution in [0.25, 0.3) is 22.0 Å². The van der Waals surface area contributed by atoms with Gasteiger partial charge in [0, 0.05) is 29.1 Å². The summed E-state index contributed by atoms with van der Waals surface area (Å²) >= 11 is 0. The van der Waals surface area contributed by atoms with E-state index in [0.717, 1.165) is 22.0 Å². The molecule has 0 saturated carbocycles. The Balaban J connectivity index is 1.69. The number of aromatic nitrogens is 1. The van der Waals surface area contributed by atoms with Gasteiger partial charge in [0.25, 0.3) is 5.91 Å². The van der Waals surface area contributed by atoms with Crippen LogP contribution in [0.5, 0.6) is 0 Å². The number of rotatable bonds is 2. The molecule has 1 aromatic heterocycles. The molecule has 1 saturated heterocycles. The van der Waals surface area contributed by atoms with E-state index >= 15 is 0 Å². The van der Waals surface area contributed by atoms with Gasteiger partial charge in [-0.1, -0.05) is 24.3 Å². The number of piperidine rings is 1. The third-order valence-corrected chi connectivity index (χ3v) is 5.19. The maximum atomic E-state index is 13.1. The lowest BCUT2D eigenvalue weighted by molar-refractivity contribution is -0.134. The summed E-state index contributed by atoms with van der Waals surface area (Å²) in [5, 5.41) is 4.09. The van der Waals surface area contributed by atoms with Gasteiger partial charge < -0.3 is 0 Å². The molecule has 6 heteroatoms. The van der Waals surface area contributed by atoms with Crippen molar-refractivity contribution in [3.8, 4) is 11.3 Å². The van der Waals surface area contributed by atoms with E-state index in [1.165, 1.54) is 4.90 Å². The molecule has 1 atom stereocenters. The molecule has 2 aliphatic heterocycles. The highest BCUT2D eigenvalue weighted by Gasteiger charge is 2.40. The molecule has 27 heavy (non-hydrogen) atoms. The molecule has 1 fully saturated rings. The molecule has 3 amide bonds. The number of hydrogen-bond acceptors (Lipinski definition) is 4. The summed E-state index contributed by atoms with van der Waals surface area (Å²) in [6, 6.07) is 14.4. The summed E-state index contributed by atoms with van der Waals surface area (Å²) in [4.78, 5) is 42.9. The summed E-state index contributed by atoms with van der Waals surface area (Å²) < 4.78 is 0. The molecule has 5 rings (SSSR count). The number of nitrogens with one attached hydrogen (secondary N) is 1. The Hall–Kier alpha value is -3.54. The number of pyridine rings is 1. The molecule has 3 aromatic rings. The van der Waals surface area contributed by atoms with E-state index in [1.54, 1.807) is 12.3 Å². The predicted molar refractivity (Wildman–Crippen MR) is 100 cm³/mol. The van der Waals surface area contributed by atoms with Crippen molar-refractivity contribution in [1.29, 1.82) is 0 Å². The van der Waals surface area contributed by atoms with Gasteiger partial charge in [0.05, 0.1) is 11.4 Å². The number of amides is 3. The van der Waals surface area contributed by atoms with Crippen molar-refractivity contribution in [2.75, 3.05) is 4.90 Å². The molecular formula is C21H15N3O3. The zero-order chi connectivity index (χ0) is 18.5. The third-order valence-electron chi connectivity index (χ3n) is 5.19. The van der Waals surface area contributed by atoms with Crippen molar-refractivity contribution in [2.45, 2.75) is 18.9 Å². The Morgan fingerprint density at radius 1 is 0.963 bits per heavy atom. The zero-order valence-corrected chi connectivity index (χ0v) is 14.3. The average molecular weight is 357 g/mol. The highest BCUT2D eigenvalue weighted by Crippen LogP contribution is 2.42. The van der Waals surface area contributed by atoms with E-state index in [-0.39, 0.29) is 18.2 Å². The van der Waals surface area contributed by atoms with E-state index in [0.29, 0.717) is 17.7 Å². The summed E-state index contributed by atoms with van der Waals surface area (Å²) in [6.45, 7) is 0. The molecule has 2 aliphatic rings. The minimum absolute atomic E-state index is 0.205. The molecule has 6 nitrogen and oxygen atoms in total. The van der Waals surface area contributed by atoms with Crippen LogP contribution in [0.3, 0.4) is 0 Å². The monoisotopic (exact) mass is 357 g/mol. The number of carbonyl (C=O) groups is 3. The van der Waals surface area contributed by atoms with Gasteiger partial charge in [-0.05, 0) is 36.1 Å².